The number of anilines is 2. The lowest BCUT2D eigenvalue weighted by Gasteiger charge is -2.26. The highest BCUT2D eigenvalue weighted by Gasteiger charge is 2.42. The van der Waals surface area contributed by atoms with Gasteiger partial charge in [0.25, 0.3) is 11.5 Å². The lowest BCUT2D eigenvalue weighted by atomic mass is 9.90. The van der Waals surface area contributed by atoms with Gasteiger partial charge < -0.3 is 4.90 Å². The van der Waals surface area contributed by atoms with Gasteiger partial charge >= 0.3 is 0 Å². The maximum absolute atomic E-state index is 14.3. The number of hydrazine groups is 1. The van der Waals surface area contributed by atoms with Gasteiger partial charge in [0.15, 0.2) is 0 Å². The van der Waals surface area contributed by atoms with Crippen LogP contribution in [0.25, 0.3) is 11.3 Å². The van der Waals surface area contributed by atoms with E-state index in [-0.39, 0.29) is 17.5 Å². The number of carbonyl (C=O) groups excluding carboxylic acids is 1. The Hall–Kier alpha value is -4.23. The number of hydrogen-bond donors (Lipinski definition) is 1. The fourth-order valence-corrected chi connectivity index (χ4v) is 5.70. The molecule has 45 heavy (non-hydrogen) atoms. The summed E-state index contributed by atoms with van der Waals surface area (Å²) in [6.45, 7) is 10.0. The SMILES string of the molecule is CCN(CC)c1ccc(C(=C2C(=O)N(c3ccccc3)N(C)C2C)c2c(C)n(C)n(-c3ccccc3)c2=O)cc1.[O-][Cl+3]([O-])([O-])O. The molecule has 3 aromatic carbocycles. The molecule has 1 amide bonds. The predicted octanol–water partition coefficient (Wildman–Crippen LogP) is 1.29. The highest BCUT2D eigenvalue weighted by Crippen LogP contribution is 2.38. The first-order valence-electron chi connectivity index (χ1n) is 14.5. The van der Waals surface area contributed by atoms with Gasteiger partial charge in [-0.3, -0.25) is 14.3 Å². The molecule has 0 aliphatic carbocycles. The first-order chi connectivity index (χ1) is 21.3. The molecule has 0 bridgehead atoms. The molecule has 1 aliphatic heterocycles. The fraction of sp³-hybridized carbons (Fsp3) is 0.273. The molecule has 1 fully saturated rings. The summed E-state index contributed by atoms with van der Waals surface area (Å²) >= 11 is 0. The van der Waals surface area contributed by atoms with Crippen molar-refractivity contribution in [2.24, 2.45) is 7.05 Å². The molecule has 238 valence electrons. The van der Waals surface area contributed by atoms with E-state index in [9.17, 15) is 9.59 Å². The van der Waals surface area contributed by atoms with Crippen molar-refractivity contribution in [1.29, 1.82) is 0 Å². The van der Waals surface area contributed by atoms with E-state index in [1.807, 2.05) is 110 Å². The van der Waals surface area contributed by atoms with Crippen molar-refractivity contribution in [3.63, 3.8) is 0 Å². The monoisotopic (exact) mass is 635 g/mol. The number of nitrogens with zero attached hydrogens (tertiary/aromatic N) is 5. The third-order valence-corrected chi connectivity index (χ3v) is 8.08. The zero-order chi connectivity index (χ0) is 33.1. The van der Waals surface area contributed by atoms with Gasteiger partial charge in [0.2, 0.25) is 0 Å². The van der Waals surface area contributed by atoms with Crippen molar-refractivity contribution in [1.82, 2.24) is 14.4 Å². The number of benzene rings is 3. The average Bonchev–Trinajstić information content (AvgIpc) is 3.37. The Morgan fingerprint density at radius 3 is 1.82 bits per heavy atom. The van der Waals surface area contributed by atoms with Crippen LogP contribution in [-0.4, -0.2) is 51.1 Å². The molecular weight excluding hydrogens is 598 g/mol. The molecule has 1 atom stereocenters. The summed E-state index contributed by atoms with van der Waals surface area (Å²) in [5.41, 5.74) is 6.00. The van der Waals surface area contributed by atoms with Crippen LogP contribution in [0.4, 0.5) is 11.4 Å². The summed E-state index contributed by atoms with van der Waals surface area (Å²) in [5.74, 6) is -0.127. The number of rotatable bonds is 7. The molecule has 1 N–H and O–H groups in total. The van der Waals surface area contributed by atoms with Crippen LogP contribution in [0.3, 0.4) is 0 Å². The standard InChI is InChI=1S/C33H37N5O2.ClHO4/c1-7-36(8-2)26-21-19-25(20-22-26)31(29-23(3)34(5)37(32(29)39)27-15-11-9-12-16-27)30-24(4)35(6)38(33(30)40)28-17-13-10-14-18-28;2-1(3,4)5/h9-23H,7-8H2,1-6H3;(H,2,3,4,5). The Morgan fingerprint density at radius 1 is 0.844 bits per heavy atom. The second-order valence-electron chi connectivity index (χ2n) is 10.5. The molecular formula is C33H38ClN5O6. The molecule has 5 rings (SSSR count). The number of para-hydroxylation sites is 2. The van der Waals surface area contributed by atoms with Gasteiger partial charge in [0.05, 0.1) is 37.9 Å². The second-order valence-corrected chi connectivity index (χ2v) is 11.3. The van der Waals surface area contributed by atoms with Crippen molar-refractivity contribution >= 4 is 22.9 Å². The predicted molar refractivity (Wildman–Crippen MR) is 165 cm³/mol. The number of carbonyl (C=O) groups is 1. The maximum Gasteiger partial charge on any atom is 0.279 e. The van der Waals surface area contributed by atoms with Gasteiger partial charge in [0, 0.05) is 49.7 Å². The van der Waals surface area contributed by atoms with Gasteiger partial charge in [-0.05, 0) is 69.7 Å². The minimum Gasteiger partial charge on any atom is -0.372 e. The average molecular weight is 636 g/mol. The van der Waals surface area contributed by atoms with E-state index in [0.717, 1.165) is 41.4 Å². The van der Waals surface area contributed by atoms with Crippen LogP contribution in [0.2, 0.25) is 0 Å². The minimum absolute atomic E-state index is 0.127. The van der Waals surface area contributed by atoms with E-state index >= 15 is 0 Å². The number of hydrogen-bond acceptors (Lipinski definition) is 8. The van der Waals surface area contributed by atoms with E-state index in [1.165, 1.54) is 0 Å². The van der Waals surface area contributed by atoms with Crippen LogP contribution in [0.1, 0.15) is 37.6 Å². The van der Waals surface area contributed by atoms with Gasteiger partial charge in [0.1, 0.15) is 0 Å². The molecule has 2 heterocycles. The van der Waals surface area contributed by atoms with Crippen LogP contribution < -0.4 is 29.4 Å². The molecule has 11 nitrogen and oxygen atoms in total. The second kappa shape index (κ2) is 13.8. The van der Waals surface area contributed by atoms with Crippen LogP contribution in [0.5, 0.6) is 0 Å². The first kappa shape index (κ1) is 33.7. The Balaban J connectivity index is 0.000000854. The lowest BCUT2D eigenvalue weighted by Crippen LogP contribution is -2.58. The molecule has 1 aromatic heterocycles. The Labute approximate surface area is 264 Å². The Morgan fingerprint density at radius 2 is 1.33 bits per heavy atom. The third kappa shape index (κ3) is 7.04. The zero-order valence-electron chi connectivity index (χ0n) is 26.2. The first-order valence-corrected chi connectivity index (χ1v) is 15.8. The van der Waals surface area contributed by atoms with Gasteiger partial charge in [-0.1, -0.05) is 48.5 Å². The lowest BCUT2D eigenvalue weighted by molar-refractivity contribution is -1.92. The van der Waals surface area contributed by atoms with Gasteiger partial charge in [-0.25, -0.2) is 14.7 Å². The Bertz CT molecular complexity index is 1700. The van der Waals surface area contributed by atoms with Crippen molar-refractivity contribution in [3.05, 3.63) is 118 Å². The smallest absolute Gasteiger partial charge is 0.279 e. The topological polar surface area (TPSA) is 143 Å². The summed E-state index contributed by atoms with van der Waals surface area (Å²) in [4.78, 5) is 30.8. The molecule has 1 unspecified atom stereocenters. The number of aromatic nitrogens is 2. The number of likely N-dealkylation sites (N-methyl/N-ethyl adjacent to an activating group) is 1. The third-order valence-electron chi connectivity index (χ3n) is 8.08. The fourth-order valence-electron chi connectivity index (χ4n) is 5.70. The molecule has 0 spiro atoms. The van der Waals surface area contributed by atoms with E-state index in [4.69, 9.17) is 18.6 Å². The Kier molecular flexibility index (Phi) is 10.3. The number of amides is 1. The largest absolute Gasteiger partial charge is 0.372 e. The highest BCUT2D eigenvalue weighted by molar-refractivity contribution is 6.15. The van der Waals surface area contributed by atoms with Crippen molar-refractivity contribution in [2.75, 3.05) is 30.0 Å². The molecule has 12 heteroatoms. The van der Waals surface area contributed by atoms with Crippen LogP contribution in [0.15, 0.2) is 95.3 Å². The van der Waals surface area contributed by atoms with Gasteiger partial charge in [-0.2, -0.15) is 14.0 Å². The molecule has 0 saturated carbocycles. The zero-order valence-corrected chi connectivity index (χ0v) is 26.9. The summed E-state index contributed by atoms with van der Waals surface area (Å²) in [5, 5.41) is 3.66. The normalized spacial score (nSPS) is 16.4. The summed E-state index contributed by atoms with van der Waals surface area (Å²) in [6.07, 6.45) is 0. The van der Waals surface area contributed by atoms with Crippen molar-refractivity contribution < 1.29 is 33.7 Å². The molecule has 0 radical (unpaired) electrons. The van der Waals surface area contributed by atoms with Crippen LogP contribution >= 0.6 is 0 Å². The van der Waals surface area contributed by atoms with E-state index in [0.29, 0.717) is 16.7 Å². The summed E-state index contributed by atoms with van der Waals surface area (Å²) < 4.78 is 36.3. The minimum atomic E-state index is -4.69. The van der Waals surface area contributed by atoms with E-state index in [1.54, 1.807) is 9.69 Å². The van der Waals surface area contributed by atoms with Crippen LogP contribution in [-0.2, 0) is 11.8 Å². The summed E-state index contributed by atoms with van der Waals surface area (Å²) in [7, 11) is -0.884. The van der Waals surface area contributed by atoms with Crippen LogP contribution in [0, 0.1) is 17.2 Å². The van der Waals surface area contributed by atoms with E-state index in [2.05, 4.69) is 30.9 Å². The quantitative estimate of drug-likeness (QED) is 0.299. The maximum atomic E-state index is 14.3. The highest BCUT2D eigenvalue weighted by atomic mass is 35.7. The molecule has 1 aliphatic rings. The van der Waals surface area contributed by atoms with E-state index < -0.39 is 10.2 Å². The van der Waals surface area contributed by atoms with Gasteiger partial charge in [-0.15, -0.1) is 0 Å². The van der Waals surface area contributed by atoms with Crippen molar-refractivity contribution in [3.8, 4) is 5.69 Å². The van der Waals surface area contributed by atoms with Crippen molar-refractivity contribution in [2.45, 2.75) is 33.7 Å². The molecule has 4 aromatic rings. The summed E-state index contributed by atoms with van der Waals surface area (Å²) in [6, 6.07) is 27.3. The number of halogens is 1. The molecule has 1 saturated heterocycles.